The van der Waals surface area contributed by atoms with Crippen LogP contribution in [-0.4, -0.2) is 11.8 Å². The highest BCUT2D eigenvalue weighted by Gasteiger charge is 2.45. The molecule has 1 saturated heterocycles. The number of hydrogen-bond donors (Lipinski definition) is 0. The van der Waals surface area contributed by atoms with Gasteiger partial charge in [-0.15, -0.1) is 0 Å². The molecule has 0 radical (unpaired) electrons. The van der Waals surface area contributed by atoms with Crippen molar-refractivity contribution in [2.75, 3.05) is 0 Å². The van der Waals surface area contributed by atoms with Gasteiger partial charge in [-0.3, -0.25) is 9.59 Å². The third-order valence-electron chi connectivity index (χ3n) is 3.32. The van der Waals surface area contributed by atoms with Crippen molar-refractivity contribution in [2.45, 2.75) is 26.4 Å². The van der Waals surface area contributed by atoms with Gasteiger partial charge in [0.2, 0.25) is 0 Å². The SMILES string of the molecule is CCC(=O)C1C(=O)O[C@@H](c2ccccc2)[C@H]1C. The Balaban J connectivity index is 2.24. The van der Waals surface area contributed by atoms with E-state index < -0.39 is 5.92 Å². The first kappa shape index (κ1) is 11.8. The first-order valence-electron chi connectivity index (χ1n) is 5.93. The van der Waals surface area contributed by atoms with Gasteiger partial charge in [-0.05, 0) is 5.56 Å². The number of esters is 1. The average Bonchev–Trinajstić information content (AvgIpc) is 2.65. The molecule has 0 amide bonds. The lowest BCUT2D eigenvalue weighted by Gasteiger charge is -2.15. The molecule has 1 heterocycles. The molecule has 1 aliphatic rings. The molecule has 0 aliphatic carbocycles. The van der Waals surface area contributed by atoms with Gasteiger partial charge in [0.05, 0.1) is 0 Å². The van der Waals surface area contributed by atoms with E-state index in [0.717, 1.165) is 5.56 Å². The van der Waals surface area contributed by atoms with Crippen molar-refractivity contribution < 1.29 is 14.3 Å². The summed E-state index contributed by atoms with van der Waals surface area (Å²) in [5.41, 5.74) is 0.958. The largest absolute Gasteiger partial charge is 0.457 e. The summed E-state index contributed by atoms with van der Waals surface area (Å²) < 4.78 is 5.34. The molecule has 1 aromatic carbocycles. The van der Waals surface area contributed by atoms with Crippen LogP contribution in [0.3, 0.4) is 0 Å². The smallest absolute Gasteiger partial charge is 0.317 e. The Morgan fingerprint density at radius 3 is 2.53 bits per heavy atom. The summed E-state index contributed by atoms with van der Waals surface area (Å²) in [5.74, 6) is -1.08. The Morgan fingerprint density at radius 2 is 1.94 bits per heavy atom. The fourth-order valence-electron chi connectivity index (χ4n) is 2.35. The minimum absolute atomic E-state index is 0.0269. The van der Waals surface area contributed by atoms with Gasteiger partial charge in [0.1, 0.15) is 17.8 Å². The molecule has 2 rings (SSSR count). The molecule has 1 unspecified atom stereocenters. The summed E-state index contributed by atoms with van der Waals surface area (Å²) in [5, 5.41) is 0. The topological polar surface area (TPSA) is 43.4 Å². The van der Waals surface area contributed by atoms with Gasteiger partial charge in [-0.1, -0.05) is 44.2 Å². The van der Waals surface area contributed by atoms with Crippen LogP contribution < -0.4 is 0 Å². The molecule has 0 aromatic heterocycles. The van der Waals surface area contributed by atoms with Gasteiger partial charge in [0.15, 0.2) is 0 Å². The zero-order valence-corrected chi connectivity index (χ0v) is 10.1. The first-order valence-corrected chi connectivity index (χ1v) is 5.93. The molecular weight excluding hydrogens is 216 g/mol. The van der Waals surface area contributed by atoms with Crippen LogP contribution in [0.4, 0.5) is 0 Å². The number of ether oxygens (including phenoxy) is 1. The summed E-state index contributed by atoms with van der Waals surface area (Å²) in [6.45, 7) is 3.68. The maximum atomic E-state index is 11.7. The van der Waals surface area contributed by atoms with Gasteiger partial charge in [0, 0.05) is 12.3 Å². The van der Waals surface area contributed by atoms with Crippen molar-refractivity contribution in [3.8, 4) is 0 Å². The normalized spacial score (nSPS) is 27.9. The molecule has 90 valence electrons. The standard InChI is InChI=1S/C14H16O3/c1-3-11(15)12-9(2)13(17-14(12)16)10-7-5-4-6-8-10/h4-9,12-13H,3H2,1-2H3/t9-,12?,13+/m0/s1. The van der Waals surface area contributed by atoms with Crippen LogP contribution in [0.5, 0.6) is 0 Å². The highest BCUT2D eigenvalue weighted by molar-refractivity contribution is 6.00. The zero-order valence-electron chi connectivity index (χ0n) is 10.1. The van der Waals surface area contributed by atoms with E-state index in [0.29, 0.717) is 6.42 Å². The minimum atomic E-state index is -0.592. The lowest BCUT2D eigenvalue weighted by atomic mass is 9.85. The van der Waals surface area contributed by atoms with Gasteiger partial charge >= 0.3 is 5.97 Å². The number of carbonyl (C=O) groups excluding carboxylic acids is 2. The van der Waals surface area contributed by atoms with Crippen LogP contribution in [-0.2, 0) is 14.3 Å². The van der Waals surface area contributed by atoms with E-state index in [4.69, 9.17) is 4.74 Å². The molecule has 3 heteroatoms. The van der Waals surface area contributed by atoms with Crippen LogP contribution in [0.15, 0.2) is 30.3 Å². The van der Waals surface area contributed by atoms with E-state index in [2.05, 4.69) is 0 Å². The Morgan fingerprint density at radius 1 is 1.29 bits per heavy atom. The Bertz CT molecular complexity index is 424. The minimum Gasteiger partial charge on any atom is -0.457 e. The van der Waals surface area contributed by atoms with Gasteiger partial charge in [-0.2, -0.15) is 0 Å². The molecule has 3 nitrogen and oxygen atoms in total. The van der Waals surface area contributed by atoms with Crippen LogP contribution in [0.2, 0.25) is 0 Å². The predicted octanol–water partition coefficient (Wildman–Crippen LogP) is 2.52. The van der Waals surface area contributed by atoms with E-state index in [9.17, 15) is 9.59 Å². The van der Waals surface area contributed by atoms with Crippen molar-refractivity contribution in [2.24, 2.45) is 11.8 Å². The van der Waals surface area contributed by atoms with Gasteiger partial charge in [0.25, 0.3) is 0 Å². The quantitative estimate of drug-likeness (QED) is 0.594. The number of Topliss-reactive ketones (excluding diaryl/α,β-unsaturated/α-hetero) is 1. The van der Waals surface area contributed by atoms with E-state index in [-0.39, 0.29) is 23.8 Å². The summed E-state index contributed by atoms with van der Waals surface area (Å²) in [6.07, 6.45) is 0.0928. The van der Waals surface area contributed by atoms with E-state index >= 15 is 0 Å². The molecular formula is C14H16O3. The van der Waals surface area contributed by atoms with E-state index in [1.165, 1.54) is 0 Å². The number of ketones is 1. The molecule has 1 fully saturated rings. The second-order valence-corrected chi connectivity index (χ2v) is 4.42. The summed E-state index contributed by atoms with van der Waals surface area (Å²) in [6, 6.07) is 9.58. The monoisotopic (exact) mass is 232 g/mol. The maximum absolute atomic E-state index is 11.7. The third kappa shape index (κ3) is 2.09. The fourth-order valence-corrected chi connectivity index (χ4v) is 2.35. The Hall–Kier alpha value is -1.64. The fraction of sp³-hybridized carbons (Fsp3) is 0.429. The van der Waals surface area contributed by atoms with Crippen LogP contribution >= 0.6 is 0 Å². The third-order valence-corrected chi connectivity index (χ3v) is 3.32. The Kier molecular flexibility index (Phi) is 3.27. The van der Waals surface area contributed by atoms with Gasteiger partial charge < -0.3 is 4.74 Å². The molecule has 3 atom stereocenters. The second-order valence-electron chi connectivity index (χ2n) is 4.42. The van der Waals surface area contributed by atoms with Crippen LogP contribution in [0.1, 0.15) is 31.9 Å². The number of carbonyl (C=O) groups is 2. The van der Waals surface area contributed by atoms with Gasteiger partial charge in [-0.25, -0.2) is 0 Å². The highest BCUT2D eigenvalue weighted by Crippen LogP contribution is 2.39. The maximum Gasteiger partial charge on any atom is 0.317 e. The number of benzene rings is 1. The van der Waals surface area contributed by atoms with Crippen LogP contribution in [0.25, 0.3) is 0 Å². The second kappa shape index (κ2) is 4.70. The van der Waals surface area contributed by atoms with Crippen molar-refractivity contribution in [1.82, 2.24) is 0 Å². The lowest BCUT2D eigenvalue weighted by Crippen LogP contribution is -2.23. The molecule has 0 saturated carbocycles. The number of rotatable bonds is 3. The Labute approximate surface area is 101 Å². The van der Waals surface area contributed by atoms with Crippen LogP contribution in [0, 0.1) is 11.8 Å². The summed E-state index contributed by atoms with van der Waals surface area (Å²) in [7, 11) is 0. The zero-order chi connectivity index (χ0) is 12.4. The number of cyclic esters (lactones) is 1. The average molecular weight is 232 g/mol. The number of hydrogen-bond acceptors (Lipinski definition) is 3. The molecule has 17 heavy (non-hydrogen) atoms. The van der Waals surface area contributed by atoms with E-state index in [1.54, 1.807) is 6.92 Å². The summed E-state index contributed by atoms with van der Waals surface area (Å²) >= 11 is 0. The van der Waals surface area contributed by atoms with Crippen molar-refractivity contribution in [1.29, 1.82) is 0 Å². The first-order chi connectivity index (χ1) is 8.15. The van der Waals surface area contributed by atoms with Crippen molar-refractivity contribution in [3.05, 3.63) is 35.9 Å². The molecule has 0 bridgehead atoms. The van der Waals surface area contributed by atoms with E-state index in [1.807, 2.05) is 37.3 Å². The molecule has 0 N–H and O–H groups in total. The van der Waals surface area contributed by atoms with Crippen molar-refractivity contribution >= 4 is 11.8 Å². The summed E-state index contributed by atoms with van der Waals surface area (Å²) in [4.78, 5) is 23.4. The molecule has 1 aliphatic heterocycles. The molecule has 1 aromatic rings. The highest BCUT2D eigenvalue weighted by atomic mass is 16.6. The van der Waals surface area contributed by atoms with Crippen molar-refractivity contribution in [3.63, 3.8) is 0 Å². The molecule has 0 spiro atoms. The predicted molar refractivity (Wildman–Crippen MR) is 63.2 cm³/mol. The lowest BCUT2D eigenvalue weighted by molar-refractivity contribution is -0.147.